The van der Waals surface area contributed by atoms with Crippen molar-refractivity contribution in [3.8, 4) is 0 Å². The molecule has 0 aromatic heterocycles. The molecule has 0 aliphatic heterocycles. The van der Waals surface area contributed by atoms with E-state index < -0.39 is 18.6 Å². The second-order valence-corrected chi connectivity index (χ2v) is 10.3. The van der Waals surface area contributed by atoms with Crippen molar-refractivity contribution in [3.05, 3.63) is 29.8 Å². The monoisotopic (exact) mass is 518 g/mol. The Labute approximate surface area is 177 Å². The summed E-state index contributed by atoms with van der Waals surface area (Å²) in [6.07, 6.45) is 0.182. The van der Waals surface area contributed by atoms with Crippen LogP contribution in [0.1, 0.15) is 19.4 Å². The Morgan fingerprint density at radius 3 is 2.04 bits per heavy atom. The molecule has 1 N–H and O–H groups in total. The smallest absolute Gasteiger partial charge is 0.332 e. The Morgan fingerprint density at radius 2 is 1.62 bits per heavy atom. The summed E-state index contributed by atoms with van der Waals surface area (Å²) in [6, 6.07) is 7.26. The number of halogens is 1. The lowest BCUT2D eigenvalue weighted by Gasteiger charge is -2.31. The van der Waals surface area contributed by atoms with Gasteiger partial charge in [-0.3, -0.25) is 4.57 Å². The van der Waals surface area contributed by atoms with E-state index in [4.69, 9.17) is 9.05 Å². The number of quaternary nitrogens is 1. The van der Waals surface area contributed by atoms with Crippen LogP contribution < -0.4 is 28.7 Å². The van der Waals surface area contributed by atoms with E-state index in [1.165, 1.54) is 0 Å². The van der Waals surface area contributed by atoms with Crippen LogP contribution >= 0.6 is 7.60 Å². The molecule has 0 amide bonds. The molecule has 152 valence electrons. The first-order valence-corrected chi connectivity index (χ1v) is 11.4. The van der Waals surface area contributed by atoms with Gasteiger partial charge in [0.05, 0.1) is 58.0 Å². The maximum atomic E-state index is 12.9. The molecule has 0 bridgehead atoms. The SMILES string of the molecule is CCOP(=O)(C[C@@H](C[N+](C)(C)C)N[S@@](=O)c1ccc(C)cc1)OCC.[I-]. The molecule has 9 heteroatoms. The van der Waals surface area contributed by atoms with Crippen molar-refractivity contribution in [2.75, 3.05) is 47.1 Å². The van der Waals surface area contributed by atoms with Crippen molar-refractivity contribution in [2.24, 2.45) is 0 Å². The second-order valence-electron chi connectivity index (χ2n) is 7.00. The summed E-state index contributed by atoms with van der Waals surface area (Å²) in [7, 11) is 1.50. The summed E-state index contributed by atoms with van der Waals surface area (Å²) in [5.41, 5.74) is 1.11. The van der Waals surface area contributed by atoms with Crippen molar-refractivity contribution in [3.63, 3.8) is 0 Å². The summed E-state index contributed by atoms with van der Waals surface area (Å²) >= 11 is 0. The summed E-state index contributed by atoms with van der Waals surface area (Å²) in [6.45, 7) is 6.84. The zero-order valence-corrected chi connectivity index (χ0v) is 20.4. The minimum atomic E-state index is -3.22. The van der Waals surface area contributed by atoms with Crippen molar-refractivity contribution >= 4 is 18.6 Å². The van der Waals surface area contributed by atoms with Gasteiger partial charge in [-0.2, -0.15) is 0 Å². The highest BCUT2D eigenvalue weighted by atomic mass is 127. The van der Waals surface area contributed by atoms with Gasteiger partial charge >= 0.3 is 7.60 Å². The lowest BCUT2D eigenvalue weighted by atomic mass is 10.2. The van der Waals surface area contributed by atoms with Crippen LogP contribution in [-0.2, 0) is 24.6 Å². The van der Waals surface area contributed by atoms with Crippen LogP contribution in [0, 0.1) is 6.92 Å². The van der Waals surface area contributed by atoms with Crippen LogP contribution in [0.4, 0.5) is 0 Å². The van der Waals surface area contributed by atoms with Gasteiger partial charge in [0.2, 0.25) is 0 Å². The number of aryl methyl sites for hydroxylation is 1. The molecular weight excluding hydrogens is 486 g/mol. The molecule has 0 aliphatic rings. The number of nitrogens with zero attached hydrogens (tertiary/aromatic N) is 1. The van der Waals surface area contributed by atoms with E-state index in [9.17, 15) is 8.77 Å². The minimum absolute atomic E-state index is 0. The van der Waals surface area contributed by atoms with Crippen LogP contribution in [0.25, 0.3) is 0 Å². The molecule has 0 spiro atoms. The van der Waals surface area contributed by atoms with E-state index in [2.05, 4.69) is 4.72 Å². The first-order chi connectivity index (χ1) is 11.6. The molecule has 0 unspecified atom stereocenters. The van der Waals surface area contributed by atoms with Gasteiger partial charge in [-0.05, 0) is 32.9 Å². The van der Waals surface area contributed by atoms with E-state index in [1.54, 1.807) is 13.8 Å². The van der Waals surface area contributed by atoms with E-state index >= 15 is 0 Å². The molecule has 0 fully saturated rings. The number of hydrogen-bond donors (Lipinski definition) is 1. The zero-order chi connectivity index (χ0) is 19.1. The molecule has 2 atom stereocenters. The molecular formula is C17H32IN2O4PS. The maximum absolute atomic E-state index is 12.9. The van der Waals surface area contributed by atoms with Gasteiger partial charge in [-0.25, -0.2) is 8.93 Å². The number of hydrogen-bond acceptors (Lipinski definition) is 4. The van der Waals surface area contributed by atoms with Crippen molar-refractivity contribution in [1.82, 2.24) is 4.72 Å². The molecule has 1 rings (SSSR count). The molecule has 1 aromatic rings. The Hall–Kier alpha value is 0.170. The normalized spacial score (nSPS) is 14.5. The highest BCUT2D eigenvalue weighted by molar-refractivity contribution is 7.83. The van der Waals surface area contributed by atoms with Crippen LogP contribution in [-0.4, -0.2) is 61.8 Å². The summed E-state index contributed by atoms with van der Waals surface area (Å²) in [4.78, 5) is 0.694. The van der Waals surface area contributed by atoms with Gasteiger partial charge in [0, 0.05) is 0 Å². The summed E-state index contributed by atoms with van der Waals surface area (Å²) < 4.78 is 40.1. The first kappa shape index (κ1) is 26.2. The van der Waals surface area contributed by atoms with Crippen molar-refractivity contribution in [2.45, 2.75) is 31.7 Å². The van der Waals surface area contributed by atoms with Gasteiger partial charge in [-0.1, -0.05) is 17.7 Å². The molecule has 0 heterocycles. The molecule has 0 saturated carbocycles. The van der Waals surface area contributed by atoms with Crippen LogP contribution in [0.5, 0.6) is 0 Å². The van der Waals surface area contributed by atoms with E-state index in [1.807, 2.05) is 52.3 Å². The van der Waals surface area contributed by atoms with Gasteiger partial charge in [0.25, 0.3) is 0 Å². The highest BCUT2D eigenvalue weighted by Crippen LogP contribution is 2.48. The lowest BCUT2D eigenvalue weighted by molar-refractivity contribution is -0.871. The lowest BCUT2D eigenvalue weighted by Crippen LogP contribution is -3.00. The van der Waals surface area contributed by atoms with Gasteiger partial charge in [0.1, 0.15) is 11.0 Å². The Bertz CT molecular complexity index is 598. The van der Waals surface area contributed by atoms with Gasteiger partial charge < -0.3 is 37.5 Å². The zero-order valence-electron chi connectivity index (χ0n) is 16.5. The van der Waals surface area contributed by atoms with E-state index in [0.717, 1.165) is 5.56 Å². The maximum Gasteiger partial charge on any atom is 0.332 e. The highest BCUT2D eigenvalue weighted by Gasteiger charge is 2.32. The number of likely N-dealkylation sites (N-methyl/N-ethyl adjacent to an activating group) is 1. The Morgan fingerprint density at radius 1 is 1.12 bits per heavy atom. The topological polar surface area (TPSA) is 64.6 Å². The Balaban J connectivity index is 0.00000625. The number of benzene rings is 1. The fraction of sp³-hybridized carbons (Fsp3) is 0.647. The average molecular weight is 518 g/mol. The average Bonchev–Trinajstić information content (AvgIpc) is 2.46. The van der Waals surface area contributed by atoms with Crippen LogP contribution in [0.15, 0.2) is 29.2 Å². The summed E-state index contributed by atoms with van der Waals surface area (Å²) in [5, 5.41) is 0. The fourth-order valence-corrected chi connectivity index (χ4v) is 5.40. The van der Waals surface area contributed by atoms with Crippen molar-refractivity contribution < 1.29 is 46.3 Å². The molecule has 26 heavy (non-hydrogen) atoms. The molecule has 1 aromatic carbocycles. The Kier molecular flexibility index (Phi) is 12.0. The predicted octanol–water partition coefficient (Wildman–Crippen LogP) is -0.0479. The third kappa shape index (κ3) is 9.92. The third-order valence-corrected chi connectivity index (χ3v) is 6.81. The van der Waals surface area contributed by atoms with Gasteiger partial charge in [0.15, 0.2) is 0 Å². The fourth-order valence-electron chi connectivity index (χ4n) is 2.48. The van der Waals surface area contributed by atoms with E-state index in [0.29, 0.717) is 29.1 Å². The van der Waals surface area contributed by atoms with Crippen LogP contribution in [0.2, 0.25) is 0 Å². The third-order valence-electron chi connectivity index (χ3n) is 3.37. The molecule has 0 radical (unpaired) electrons. The minimum Gasteiger partial charge on any atom is -1.00 e. The number of nitrogens with one attached hydrogen (secondary N) is 1. The largest absolute Gasteiger partial charge is 1.00 e. The number of rotatable bonds is 11. The van der Waals surface area contributed by atoms with Crippen molar-refractivity contribution in [1.29, 1.82) is 0 Å². The standard InChI is InChI=1S/C17H32N2O4PS.HI/c1-7-22-24(20,23-8-2)14-16(13-19(4,5)6)18-25(21)17-11-9-15(3)10-12-17;/h9-12,16,18H,7-8,13-14H2,1-6H3;1H/q+1;/p-1/t16-,25+;/m1./s1. The van der Waals surface area contributed by atoms with E-state index in [-0.39, 0.29) is 36.2 Å². The van der Waals surface area contributed by atoms with Gasteiger partial charge in [-0.15, -0.1) is 0 Å². The quantitative estimate of drug-likeness (QED) is 0.254. The van der Waals surface area contributed by atoms with Crippen LogP contribution in [0.3, 0.4) is 0 Å². The first-order valence-electron chi connectivity index (χ1n) is 8.51. The molecule has 0 saturated heterocycles. The molecule has 0 aliphatic carbocycles. The predicted molar refractivity (Wildman–Crippen MR) is 103 cm³/mol. The molecule has 6 nitrogen and oxygen atoms in total. The summed E-state index contributed by atoms with van der Waals surface area (Å²) in [5.74, 6) is 0. The second kappa shape index (κ2) is 11.9.